The lowest BCUT2D eigenvalue weighted by Crippen LogP contribution is -2.64. The highest BCUT2D eigenvalue weighted by atomic mass is 16.8. The highest BCUT2D eigenvalue weighted by Gasteiger charge is 2.53. The van der Waals surface area contributed by atoms with Gasteiger partial charge < -0.3 is 68.5 Å². The third kappa shape index (κ3) is 9.66. The molecule has 0 spiro atoms. The molecule has 0 saturated carbocycles. The minimum absolute atomic E-state index is 0.0628. The first-order chi connectivity index (χ1) is 24.8. The van der Waals surface area contributed by atoms with Gasteiger partial charge in [-0.15, -0.1) is 0 Å². The van der Waals surface area contributed by atoms with Crippen LogP contribution in [0.4, 0.5) is 0 Å². The van der Waals surface area contributed by atoms with Gasteiger partial charge in [-0.2, -0.15) is 0 Å². The van der Waals surface area contributed by atoms with E-state index in [4.69, 9.17) is 37.9 Å². The number of rotatable bonds is 15. The smallest absolute Gasteiger partial charge is 0.338 e. The largest absolute Gasteiger partial charge is 0.479 e. The molecule has 2 fully saturated rings. The number of esters is 3. The minimum Gasteiger partial charge on any atom is -0.479 e. The SMILES string of the molecule is COC(=O)[C@H](O[C@@H]1O[C@@H](C)[C@@H](O)[C@@H](O)[C@@H]1O)[C@@H](O[C@@H]1O[C@H](CO)[C@H](OC(=O)c2ccccc2)[C@H](O[C@H](Cc2ccccc2)C(=O)O)[C@H]1O)C(=O)OC. The van der Waals surface area contributed by atoms with Crippen LogP contribution in [0, 0.1) is 0 Å². The van der Waals surface area contributed by atoms with Crippen LogP contribution in [0.25, 0.3) is 0 Å². The number of aliphatic carboxylic acids is 1. The molecule has 0 radical (unpaired) electrons. The molecule has 2 saturated heterocycles. The van der Waals surface area contributed by atoms with Crippen molar-refractivity contribution in [2.75, 3.05) is 20.8 Å². The van der Waals surface area contributed by atoms with Crippen molar-refractivity contribution in [1.82, 2.24) is 0 Å². The van der Waals surface area contributed by atoms with Gasteiger partial charge in [0.15, 0.2) is 37.0 Å². The van der Waals surface area contributed by atoms with Gasteiger partial charge in [0.1, 0.15) is 36.6 Å². The van der Waals surface area contributed by atoms with E-state index in [9.17, 15) is 49.8 Å². The van der Waals surface area contributed by atoms with Crippen LogP contribution in [-0.2, 0) is 58.7 Å². The average Bonchev–Trinajstić information content (AvgIpc) is 3.15. The number of aliphatic hydroxyl groups is 5. The van der Waals surface area contributed by atoms with Gasteiger partial charge in [-0.3, -0.25) is 0 Å². The molecule has 0 unspecified atom stereocenters. The summed E-state index contributed by atoms with van der Waals surface area (Å²) in [6.45, 7) is 0.414. The second-order valence-electron chi connectivity index (χ2n) is 11.9. The maximum absolute atomic E-state index is 13.2. The van der Waals surface area contributed by atoms with E-state index in [0.717, 1.165) is 14.2 Å². The maximum Gasteiger partial charge on any atom is 0.338 e. The van der Waals surface area contributed by atoms with Crippen molar-refractivity contribution in [2.24, 2.45) is 0 Å². The normalized spacial score (nSPS) is 30.7. The number of carboxylic acids is 1. The molecular formula is C34H42O18. The predicted molar refractivity (Wildman–Crippen MR) is 170 cm³/mol. The Balaban J connectivity index is 1.69. The lowest BCUT2D eigenvalue weighted by atomic mass is 9.97. The molecule has 0 bridgehead atoms. The van der Waals surface area contributed by atoms with Crippen LogP contribution in [0.5, 0.6) is 0 Å². The Morgan fingerprint density at radius 1 is 0.712 bits per heavy atom. The third-order valence-corrected chi connectivity index (χ3v) is 8.42. The lowest BCUT2D eigenvalue weighted by Gasteiger charge is -2.45. The summed E-state index contributed by atoms with van der Waals surface area (Å²) in [4.78, 5) is 51.7. The first-order valence-corrected chi connectivity index (χ1v) is 16.1. The standard InChI is InChI=1S/C34H42O18/c1-16-21(36)22(37)23(38)33(47-16)51-27(31(43)45-2)28(32(44)46-3)52-34-24(39)26(48-19(29(40)41)14-17-10-6-4-7-11-17)25(20(15-35)49-34)50-30(42)18-12-8-5-9-13-18/h4-13,16,19-28,33-39H,14-15H2,1-3H3,(H,40,41)/t16-,19+,20+,21+,22+,23-,24+,25-,26+,27+,28+,33-,34-/m0/s1. The van der Waals surface area contributed by atoms with E-state index in [1.807, 2.05) is 0 Å². The highest BCUT2D eigenvalue weighted by molar-refractivity contribution is 5.89. The number of carbonyl (C=O) groups excluding carboxylic acids is 3. The fourth-order valence-electron chi connectivity index (χ4n) is 5.58. The number of aliphatic hydroxyl groups excluding tert-OH is 5. The fraction of sp³-hybridized carbons (Fsp3) is 0.529. The molecule has 0 amide bonds. The van der Waals surface area contributed by atoms with Gasteiger partial charge >= 0.3 is 23.9 Å². The Hall–Kier alpha value is -4.08. The molecule has 52 heavy (non-hydrogen) atoms. The van der Waals surface area contributed by atoms with Gasteiger partial charge in [0.05, 0.1) is 32.5 Å². The van der Waals surface area contributed by atoms with Crippen LogP contribution in [0.2, 0.25) is 0 Å². The van der Waals surface area contributed by atoms with E-state index in [2.05, 4.69) is 0 Å². The summed E-state index contributed by atoms with van der Waals surface area (Å²) in [5.41, 5.74) is 0.594. The highest BCUT2D eigenvalue weighted by Crippen LogP contribution is 2.32. The average molecular weight is 739 g/mol. The van der Waals surface area contributed by atoms with Crippen molar-refractivity contribution in [1.29, 1.82) is 0 Å². The minimum atomic E-state index is -2.20. The molecule has 2 heterocycles. The molecule has 2 aliphatic rings. The van der Waals surface area contributed by atoms with Crippen LogP contribution < -0.4 is 0 Å². The molecule has 0 aromatic heterocycles. The summed E-state index contributed by atoms with van der Waals surface area (Å²) in [6.07, 6.45) is -23.7. The second-order valence-corrected chi connectivity index (χ2v) is 11.9. The molecule has 0 aliphatic carbocycles. The number of benzene rings is 2. The number of hydrogen-bond acceptors (Lipinski definition) is 17. The third-order valence-electron chi connectivity index (χ3n) is 8.42. The van der Waals surface area contributed by atoms with Gasteiger partial charge in [-0.1, -0.05) is 48.5 Å². The summed E-state index contributed by atoms with van der Waals surface area (Å²) < 4.78 is 43.5. The zero-order chi connectivity index (χ0) is 38.1. The molecule has 2 aromatic rings. The number of carboxylic acid groups (broad SMARTS) is 1. The summed E-state index contributed by atoms with van der Waals surface area (Å²) in [5.74, 6) is -5.01. The van der Waals surface area contributed by atoms with E-state index in [1.165, 1.54) is 19.1 Å². The summed E-state index contributed by atoms with van der Waals surface area (Å²) in [6, 6.07) is 15.9. The maximum atomic E-state index is 13.2. The Labute approximate surface area is 297 Å². The second kappa shape index (κ2) is 18.6. The molecular weight excluding hydrogens is 696 g/mol. The Bertz CT molecular complexity index is 1480. The van der Waals surface area contributed by atoms with Gasteiger partial charge in [0.25, 0.3) is 0 Å². The Morgan fingerprint density at radius 3 is 1.77 bits per heavy atom. The van der Waals surface area contributed by atoms with Crippen molar-refractivity contribution in [3.8, 4) is 0 Å². The lowest BCUT2D eigenvalue weighted by molar-refractivity contribution is -0.337. The molecule has 4 rings (SSSR count). The van der Waals surface area contributed by atoms with Crippen LogP contribution in [0.15, 0.2) is 60.7 Å². The monoisotopic (exact) mass is 738 g/mol. The van der Waals surface area contributed by atoms with Crippen molar-refractivity contribution in [3.05, 3.63) is 71.8 Å². The zero-order valence-electron chi connectivity index (χ0n) is 28.3. The number of hydrogen-bond donors (Lipinski definition) is 6. The van der Waals surface area contributed by atoms with Crippen LogP contribution >= 0.6 is 0 Å². The Morgan fingerprint density at radius 2 is 1.25 bits per heavy atom. The number of carbonyl (C=O) groups is 4. The molecule has 2 aliphatic heterocycles. The van der Waals surface area contributed by atoms with E-state index < -0.39 is 110 Å². The van der Waals surface area contributed by atoms with Crippen molar-refractivity contribution in [3.63, 3.8) is 0 Å². The zero-order valence-corrected chi connectivity index (χ0v) is 28.3. The molecule has 2 aromatic carbocycles. The first-order valence-electron chi connectivity index (χ1n) is 16.1. The molecule has 286 valence electrons. The van der Waals surface area contributed by atoms with Crippen molar-refractivity contribution < 1.29 is 87.7 Å². The number of ether oxygens (including phenoxy) is 8. The van der Waals surface area contributed by atoms with Gasteiger partial charge in [-0.25, -0.2) is 19.2 Å². The van der Waals surface area contributed by atoms with E-state index in [0.29, 0.717) is 5.56 Å². The first kappa shape index (κ1) is 40.7. The van der Waals surface area contributed by atoms with Crippen LogP contribution in [-0.4, -0.2) is 155 Å². The fourth-order valence-corrected chi connectivity index (χ4v) is 5.58. The molecule has 18 heteroatoms. The topological polar surface area (TPSA) is 263 Å². The molecule has 18 nitrogen and oxygen atoms in total. The predicted octanol–water partition coefficient (Wildman–Crippen LogP) is -1.68. The summed E-state index contributed by atoms with van der Waals surface area (Å²) in [5, 5.41) is 63.0. The van der Waals surface area contributed by atoms with Crippen molar-refractivity contribution in [2.45, 2.75) is 93.1 Å². The Kier molecular flexibility index (Phi) is 14.6. The van der Waals surface area contributed by atoms with Crippen LogP contribution in [0.1, 0.15) is 22.8 Å². The van der Waals surface area contributed by atoms with Gasteiger partial charge in [-0.05, 0) is 24.6 Å². The van der Waals surface area contributed by atoms with Gasteiger partial charge in [0, 0.05) is 6.42 Å². The quantitative estimate of drug-likeness (QED) is 0.0880. The van der Waals surface area contributed by atoms with E-state index in [-0.39, 0.29) is 12.0 Å². The summed E-state index contributed by atoms with van der Waals surface area (Å²) >= 11 is 0. The van der Waals surface area contributed by atoms with E-state index in [1.54, 1.807) is 48.5 Å². The molecule has 13 atom stereocenters. The number of methoxy groups -OCH3 is 2. The van der Waals surface area contributed by atoms with Gasteiger partial charge in [0.2, 0.25) is 0 Å². The summed E-state index contributed by atoms with van der Waals surface area (Å²) in [7, 11) is 1.84. The van der Waals surface area contributed by atoms with Crippen molar-refractivity contribution >= 4 is 23.9 Å². The van der Waals surface area contributed by atoms with E-state index >= 15 is 0 Å². The molecule has 6 N–H and O–H groups in total. The van der Waals surface area contributed by atoms with Crippen LogP contribution in [0.3, 0.4) is 0 Å².